The molecule has 0 bridgehead atoms. The Morgan fingerprint density at radius 1 is 1.06 bits per heavy atom. The van der Waals surface area contributed by atoms with Crippen LogP contribution >= 0.6 is 0 Å². The molecule has 2 amide bonds. The number of imidazole rings is 1. The molecule has 1 fully saturated rings. The summed E-state index contributed by atoms with van der Waals surface area (Å²) in [6.07, 6.45) is 0.648. The van der Waals surface area contributed by atoms with E-state index in [2.05, 4.69) is 16.0 Å². The standard InChI is InChI=1S/C34H45N7O6/c1-6-46-30(43)18-26(42)19-36-21-34(4,32(44)41-15-7-8-16-41)24-11-14-28-27(17-24)38-29(40(28)5)20-37-25-12-9-23(10-13-25)31(35)39-33(45)47-22(2)3/h9-14,17,22,36-37H,6-8,15-16,18-21H2,1-5H3,(H2,35,39,45). The van der Waals surface area contributed by atoms with Crippen molar-refractivity contribution in [3.8, 4) is 0 Å². The summed E-state index contributed by atoms with van der Waals surface area (Å²) in [6.45, 7) is 9.24. The molecule has 4 N–H and O–H groups in total. The maximum atomic E-state index is 13.9. The molecule has 1 aromatic heterocycles. The number of alkyl carbamates (subject to hydrolysis) is 1. The minimum atomic E-state index is -0.964. The van der Waals surface area contributed by atoms with Crippen molar-refractivity contribution < 1.29 is 28.7 Å². The van der Waals surface area contributed by atoms with Gasteiger partial charge in [-0.2, -0.15) is 0 Å². The highest BCUT2D eigenvalue weighted by Gasteiger charge is 2.39. The van der Waals surface area contributed by atoms with E-state index in [0.717, 1.165) is 41.0 Å². The molecule has 3 aromatic rings. The summed E-state index contributed by atoms with van der Waals surface area (Å²) in [4.78, 5) is 56.5. The molecule has 0 saturated carbocycles. The van der Waals surface area contributed by atoms with E-state index in [9.17, 15) is 19.2 Å². The Hall–Kier alpha value is -4.78. The fraction of sp³-hybridized carbons (Fsp3) is 0.471. The van der Waals surface area contributed by atoms with Crippen molar-refractivity contribution in [3.63, 3.8) is 0 Å². The van der Waals surface area contributed by atoms with Gasteiger partial charge in [-0.25, -0.2) is 9.78 Å². The normalized spacial score (nSPS) is 14.1. The molecular formula is C34H45N7O6. The number of nitrogens with one attached hydrogen (secondary N) is 4. The van der Waals surface area contributed by atoms with Crippen molar-refractivity contribution in [1.82, 2.24) is 25.1 Å². The number of likely N-dealkylation sites (tertiary alicyclic amines) is 1. The van der Waals surface area contributed by atoms with Crippen LogP contribution in [0.25, 0.3) is 11.0 Å². The number of esters is 1. The summed E-state index contributed by atoms with van der Waals surface area (Å²) in [5.41, 5.74) is 2.82. The molecule has 4 rings (SSSR count). The number of aromatic nitrogens is 2. The number of anilines is 1. The first-order valence-corrected chi connectivity index (χ1v) is 15.9. The Morgan fingerprint density at radius 2 is 1.77 bits per heavy atom. The average Bonchev–Trinajstić information content (AvgIpc) is 3.67. The van der Waals surface area contributed by atoms with Crippen molar-refractivity contribution >= 4 is 46.3 Å². The van der Waals surface area contributed by atoms with Gasteiger partial charge >= 0.3 is 12.1 Å². The van der Waals surface area contributed by atoms with E-state index >= 15 is 0 Å². The zero-order chi connectivity index (χ0) is 34.1. The zero-order valence-corrected chi connectivity index (χ0v) is 27.8. The molecule has 13 nitrogen and oxygen atoms in total. The van der Waals surface area contributed by atoms with E-state index < -0.39 is 17.5 Å². The number of ether oxygens (including phenoxy) is 2. The predicted octanol–water partition coefficient (Wildman–Crippen LogP) is 3.64. The van der Waals surface area contributed by atoms with Crippen molar-refractivity contribution in [2.24, 2.45) is 7.05 Å². The largest absolute Gasteiger partial charge is 0.466 e. The maximum Gasteiger partial charge on any atom is 0.413 e. The van der Waals surface area contributed by atoms with Gasteiger partial charge in [-0.1, -0.05) is 6.07 Å². The van der Waals surface area contributed by atoms with Crippen molar-refractivity contribution in [3.05, 3.63) is 59.4 Å². The third kappa shape index (κ3) is 8.94. The highest BCUT2D eigenvalue weighted by Crippen LogP contribution is 2.30. The lowest BCUT2D eigenvalue weighted by Gasteiger charge is -2.33. The lowest BCUT2D eigenvalue weighted by Crippen LogP contribution is -2.50. The minimum Gasteiger partial charge on any atom is -0.466 e. The van der Waals surface area contributed by atoms with Gasteiger partial charge in [0.15, 0.2) is 5.78 Å². The van der Waals surface area contributed by atoms with Crippen LogP contribution in [0.15, 0.2) is 42.5 Å². The monoisotopic (exact) mass is 647 g/mol. The average molecular weight is 648 g/mol. The summed E-state index contributed by atoms with van der Waals surface area (Å²) in [7, 11) is 1.93. The maximum absolute atomic E-state index is 13.9. The number of carbonyl (C=O) groups excluding carboxylic acids is 4. The first-order chi connectivity index (χ1) is 22.4. The molecule has 0 spiro atoms. The quantitative estimate of drug-likeness (QED) is 0.0884. The summed E-state index contributed by atoms with van der Waals surface area (Å²) in [6, 6.07) is 12.9. The molecule has 13 heteroatoms. The number of amidine groups is 1. The second-order valence-corrected chi connectivity index (χ2v) is 12.1. The minimum absolute atomic E-state index is 0.0129. The van der Waals surface area contributed by atoms with Crippen molar-refractivity contribution in [1.29, 1.82) is 5.41 Å². The third-order valence-electron chi connectivity index (χ3n) is 8.12. The van der Waals surface area contributed by atoms with Crippen molar-refractivity contribution in [2.75, 3.05) is 38.1 Å². The topological polar surface area (TPSA) is 168 Å². The highest BCUT2D eigenvalue weighted by molar-refractivity contribution is 6.04. The molecule has 2 heterocycles. The molecular weight excluding hydrogens is 602 g/mol. The van der Waals surface area contributed by atoms with E-state index in [-0.39, 0.29) is 49.7 Å². The van der Waals surface area contributed by atoms with Crippen LogP contribution in [0.5, 0.6) is 0 Å². The number of aryl methyl sites for hydroxylation is 1. The Kier molecular flexibility index (Phi) is 11.7. The Labute approximate surface area is 274 Å². The smallest absolute Gasteiger partial charge is 0.413 e. The number of hydrogen-bond donors (Lipinski definition) is 4. The van der Waals surface area contributed by atoms with Crippen LogP contribution in [0.2, 0.25) is 0 Å². The lowest BCUT2D eigenvalue weighted by atomic mass is 9.80. The molecule has 1 aliphatic rings. The van der Waals surface area contributed by atoms with Crippen LogP contribution in [0.3, 0.4) is 0 Å². The van der Waals surface area contributed by atoms with Crippen LogP contribution < -0.4 is 16.0 Å². The van der Waals surface area contributed by atoms with Gasteiger partial charge in [-0.3, -0.25) is 25.1 Å². The number of Topliss-reactive ketones (excluding diaryl/α,β-unsaturated/α-hetero) is 1. The first-order valence-electron chi connectivity index (χ1n) is 15.9. The van der Waals surface area contributed by atoms with Crippen LogP contribution in [0.1, 0.15) is 63.9 Å². The summed E-state index contributed by atoms with van der Waals surface area (Å²) in [5.74, 6) is -0.144. The van der Waals surface area contributed by atoms with Gasteiger partial charge in [0.2, 0.25) is 5.91 Å². The van der Waals surface area contributed by atoms with Gasteiger partial charge in [0.25, 0.3) is 0 Å². The number of nitrogens with zero attached hydrogens (tertiary/aromatic N) is 3. The SMILES string of the molecule is CCOC(=O)CC(=O)CNCC(C)(C(=O)N1CCCC1)c1ccc2c(c1)nc(CNc1ccc(C(=N)NC(=O)OC(C)C)cc1)n2C. The summed E-state index contributed by atoms with van der Waals surface area (Å²) < 4.78 is 11.9. The van der Waals surface area contributed by atoms with Crippen LogP contribution in [-0.2, 0) is 42.9 Å². The number of hydrogen-bond acceptors (Lipinski definition) is 10. The molecule has 0 radical (unpaired) electrons. The molecule has 47 heavy (non-hydrogen) atoms. The predicted molar refractivity (Wildman–Crippen MR) is 178 cm³/mol. The molecule has 2 aromatic carbocycles. The second-order valence-electron chi connectivity index (χ2n) is 12.1. The van der Waals surface area contributed by atoms with Gasteiger partial charge in [-0.05, 0) is 82.5 Å². The Balaban J connectivity index is 1.47. The van der Waals surface area contributed by atoms with Crippen LogP contribution in [0.4, 0.5) is 10.5 Å². The summed E-state index contributed by atoms with van der Waals surface area (Å²) in [5, 5.41) is 17.0. The molecule has 1 atom stereocenters. The molecule has 1 saturated heterocycles. The Morgan fingerprint density at radius 3 is 2.43 bits per heavy atom. The van der Waals surface area contributed by atoms with E-state index in [1.807, 2.05) is 53.8 Å². The van der Waals surface area contributed by atoms with Gasteiger partial charge in [0.05, 0.1) is 42.2 Å². The fourth-order valence-corrected chi connectivity index (χ4v) is 5.56. The van der Waals surface area contributed by atoms with Crippen LogP contribution in [0, 0.1) is 5.41 Å². The number of carbonyl (C=O) groups is 4. The van der Waals surface area contributed by atoms with Gasteiger partial charge in [0.1, 0.15) is 18.1 Å². The van der Waals surface area contributed by atoms with E-state index in [1.165, 1.54) is 0 Å². The van der Waals surface area contributed by atoms with Crippen LogP contribution in [-0.4, -0.2) is 82.9 Å². The fourth-order valence-electron chi connectivity index (χ4n) is 5.56. The van der Waals surface area contributed by atoms with E-state index in [1.54, 1.807) is 32.9 Å². The van der Waals surface area contributed by atoms with Gasteiger partial charge in [-0.15, -0.1) is 0 Å². The Bertz CT molecular complexity index is 1610. The number of rotatable bonds is 14. The number of fused-ring (bicyclic) bond motifs is 1. The molecule has 0 aliphatic carbocycles. The van der Waals surface area contributed by atoms with E-state index in [4.69, 9.17) is 19.9 Å². The molecule has 1 aliphatic heterocycles. The molecule has 1 unspecified atom stereocenters. The molecule has 252 valence electrons. The number of ketones is 1. The second kappa shape index (κ2) is 15.7. The van der Waals surface area contributed by atoms with Gasteiger partial charge < -0.3 is 29.6 Å². The van der Waals surface area contributed by atoms with E-state index in [0.29, 0.717) is 25.2 Å². The lowest BCUT2D eigenvalue weighted by molar-refractivity contribution is -0.145. The van der Waals surface area contributed by atoms with Crippen molar-refractivity contribution in [2.45, 2.75) is 65.0 Å². The number of benzene rings is 2. The zero-order valence-electron chi connectivity index (χ0n) is 27.8. The van der Waals surface area contributed by atoms with Gasteiger partial charge in [0, 0.05) is 37.9 Å². The summed E-state index contributed by atoms with van der Waals surface area (Å²) >= 11 is 0. The third-order valence-corrected chi connectivity index (χ3v) is 8.12. The highest BCUT2D eigenvalue weighted by atomic mass is 16.6. The number of amides is 2. The first kappa shape index (κ1) is 35.1.